The van der Waals surface area contributed by atoms with Gasteiger partial charge in [-0.1, -0.05) is 0 Å². The summed E-state index contributed by atoms with van der Waals surface area (Å²) in [5.41, 5.74) is 0. The maximum atomic E-state index is 12.0. The number of piperidine rings is 1. The minimum atomic E-state index is -0.238. The van der Waals surface area contributed by atoms with Crippen molar-refractivity contribution < 1.29 is 18.8 Å². The van der Waals surface area contributed by atoms with Crippen LogP contribution in [0.25, 0.3) is 0 Å². The Kier molecular flexibility index (Phi) is 7.82. The molecule has 1 heterocycles. The van der Waals surface area contributed by atoms with Crippen LogP contribution in [0.4, 0.5) is 4.79 Å². The maximum absolute atomic E-state index is 12.0. The molecule has 0 aromatic heterocycles. The van der Waals surface area contributed by atoms with Crippen LogP contribution in [-0.2, 0) is 9.53 Å². The first-order valence-corrected chi connectivity index (χ1v) is 8.71. The molecule has 6 nitrogen and oxygen atoms in total. The molecule has 6 heteroatoms. The second-order valence-corrected chi connectivity index (χ2v) is 7.76. The van der Waals surface area contributed by atoms with Crippen LogP contribution in [0.1, 0.15) is 39.5 Å². The lowest BCUT2D eigenvalue weighted by Crippen LogP contribution is -2.44. The molecule has 0 radical (unpaired) electrons. The third kappa shape index (κ3) is 8.21. The van der Waals surface area contributed by atoms with Crippen molar-refractivity contribution >= 4 is 12.0 Å². The first-order valence-electron chi connectivity index (χ1n) is 8.71. The molecule has 0 aromatic carbocycles. The summed E-state index contributed by atoms with van der Waals surface area (Å²) in [6.07, 6.45) is 3.14. The Balaban J connectivity index is 2.18. The summed E-state index contributed by atoms with van der Waals surface area (Å²) in [5, 5.41) is 2.94. The van der Waals surface area contributed by atoms with E-state index in [1.54, 1.807) is 4.90 Å². The summed E-state index contributed by atoms with van der Waals surface area (Å²) in [7, 11) is 6.47. The zero-order chi connectivity index (χ0) is 17.5. The number of carbonyl (C=O) groups is 2. The number of likely N-dealkylation sites (tertiary alicyclic amines) is 1. The van der Waals surface area contributed by atoms with Crippen LogP contribution < -0.4 is 5.32 Å². The molecule has 0 unspecified atom stereocenters. The van der Waals surface area contributed by atoms with Crippen LogP contribution in [0.2, 0.25) is 0 Å². The van der Waals surface area contributed by atoms with E-state index in [1.807, 2.05) is 13.8 Å². The van der Waals surface area contributed by atoms with Crippen molar-refractivity contribution in [1.82, 2.24) is 10.2 Å². The predicted octanol–water partition coefficient (Wildman–Crippen LogP) is 1.85. The van der Waals surface area contributed by atoms with Gasteiger partial charge in [-0.2, -0.15) is 0 Å². The number of nitrogens with zero attached hydrogens (tertiary/aromatic N) is 2. The SMILES string of the molecule is CC(C)NC(=O)C1CCN(C(=O)OCCCC[N+](C)(C)C)CC1. The van der Waals surface area contributed by atoms with Crippen molar-refractivity contribution in [3.05, 3.63) is 0 Å². The molecule has 0 atom stereocenters. The molecule has 0 saturated carbocycles. The molecule has 0 bridgehead atoms. The smallest absolute Gasteiger partial charge is 0.409 e. The molecule has 0 aliphatic carbocycles. The Morgan fingerprint density at radius 2 is 1.78 bits per heavy atom. The molecule has 0 spiro atoms. The second-order valence-electron chi connectivity index (χ2n) is 7.76. The van der Waals surface area contributed by atoms with Crippen LogP contribution in [0.15, 0.2) is 0 Å². The van der Waals surface area contributed by atoms with Crippen LogP contribution >= 0.6 is 0 Å². The summed E-state index contributed by atoms with van der Waals surface area (Å²) in [6.45, 7) is 6.69. The van der Waals surface area contributed by atoms with Crippen molar-refractivity contribution in [2.75, 3.05) is 47.4 Å². The minimum Gasteiger partial charge on any atom is -0.449 e. The van der Waals surface area contributed by atoms with Gasteiger partial charge in [0.2, 0.25) is 5.91 Å². The van der Waals surface area contributed by atoms with E-state index in [4.69, 9.17) is 4.74 Å². The molecule has 1 aliphatic rings. The normalized spacial score (nSPS) is 16.5. The Morgan fingerprint density at radius 3 is 2.30 bits per heavy atom. The number of hydrogen-bond donors (Lipinski definition) is 1. The Labute approximate surface area is 140 Å². The molecule has 1 N–H and O–H groups in total. The number of ether oxygens (including phenoxy) is 1. The van der Waals surface area contributed by atoms with Crippen molar-refractivity contribution in [2.24, 2.45) is 5.92 Å². The van der Waals surface area contributed by atoms with Gasteiger partial charge < -0.3 is 19.4 Å². The van der Waals surface area contributed by atoms with Gasteiger partial charge in [-0.05, 0) is 39.5 Å². The van der Waals surface area contributed by atoms with Crippen molar-refractivity contribution in [3.63, 3.8) is 0 Å². The van der Waals surface area contributed by atoms with Gasteiger partial charge in [-0.15, -0.1) is 0 Å². The van der Waals surface area contributed by atoms with E-state index in [0.29, 0.717) is 19.7 Å². The van der Waals surface area contributed by atoms with Crippen LogP contribution in [0.3, 0.4) is 0 Å². The first-order chi connectivity index (χ1) is 10.7. The second kappa shape index (κ2) is 9.11. The molecule has 1 fully saturated rings. The highest BCUT2D eigenvalue weighted by molar-refractivity contribution is 5.79. The summed E-state index contributed by atoms with van der Waals surface area (Å²) >= 11 is 0. The third-order valence-corrected chi connectivity index (χ3v) is 4.00. The number of rotatable bonds is 7. The number of amides is 2. The van der Waals surface area contributed by atoms with Gasteiger partial charge in [0.15, 0.2) is 0 Å². The number of hydrogen-bond acceptors (Lipinski definition) is 3. The number of carbonyl (C=O) groups excluding carboxylic acids is 2. The zero-order valence-electron chi connectivity index (χ0n) is 15.4. The molecule has 1 aliphatic heterocycles. The molecule has 1 rings (SSSR count). The maximum Gasteiger partial charge on any atom is 0.409 e. The lowest BCUT2D eigenvalue weighted by molar-refractivity contribution is -0.870. The van der Waals surface area contributed by atoms with Gasteiger partial charge in [0.25, 0.3) is 0 Å². The fourth-order valence-electron chi connectivity index (χ4n) is 2.67. The van der Waals surface area contributed by atoms with E-state index < -0.39 is 0 Å². The van der Waals surface area contributed by atoms with E-state index in [-0.39, 0.29) is 24.0 Å². The fourth-order valence-corrected chi connectivity index (χ4v) is 2.67. The van der Waals surface area contributed by atoms with Gasteiger partial charge in [0.1, 0.15) is 0 Å². The zero-order valence-corrected chi connectivity index (χ0v) is 15.4. The summed E-state index contributed by atoms with van der Waals surface area (Å²) in [5.74, 6) is 0.124. The monoisotopic (exact) mass is 328 g/mol. The highest BCUT2D eigenvalue weighted by atomic mass is 16.6. The minimum absolute atomic E-state index is 0.0194. The number of nitrogens with one attached hydrogen (secondary N) is 1. The quantitative estimate of drug-likeness (QED) is 0.573. The topological polar surface area (TPSA) is 58.6 Å². The van der Waals surface area contributed by atoms with Crippen LogP contribution in [0.5, 0.6) is 0 Å². The lowest BCUT2D eigenvalue weighted by atomic mass is 9.96. The Hall–Kier alpha value is -1.30. The third-order valence-electron chi connectivity index (χ3n) is 4.00. The van der Waals surface area contributed by atoms with E-state index in [9.17, 15) is 9.59 Å². The van der Waals surface area contributed by atoms with Gasteiger partial charge in [0.05, 0.1) is 34.3 Å². The number of unbranched alkanes of at least 4 members (excludes halogenated alkanes) is 1. The molecule has 0 aromatic rings. The molecule has 134 valence electrons. The largest absolute Gasteiger partial charge is 0.449 e. The molecular weight excluding hydrogens is 294 g/mol. The van der Waals surface area contributed by atoms with Gasteiger partial charge in [-0.25, -0.2) is 4.79 Å². The van der Waals surface area contributed by atoms with Crippen molar-refractivity contribution in [3.8, 4) is 0 Å². The summed E-state index contributed by atoms with van der Waals surface area (Å²) < 4.78 is 6.27. The van der Waals surface area contributed by atoms with E-state index in [1.165, 1.54) is 0 Å². The Bertz CT molecular complexity index is 383. The van der Waals surface area contributed by atoms with E-state index >= 15 is 0 Å². The van der Waals surface area contributed by atoms with Gasteiger partial charge in [-0.3, -0.25) is 4.79 Å². The Morgan fingerprint density at radius 1 is 1.17 bits per heavy atom. The van der Waals surface area contributed by atoms with Crippen LogP contribution in [-0.4, -0.2) is 74.8 Å². The van der Waals surface area contributed by atoms with Gasteiger partial charge >= 0.3 is 6.09 Å². The number of quaternary nitrogens is 1. The highest BCUT2D eigenvalue weighted by Gasteiger charge is 2.28. The average molecular weight is 328 g/mol. The fraction of sp³-hybridized carbons (Fsp3) is 0.882. The van der Waals surface area contributed by atoms with Crippen molar-refractivity contribution in [2.45, 2.75) is 45.6 Å². The molecule has 1 saturated heterocycles. The first kappa shape index (κ1) is 19.7. The lowest BCUT2D eigenvalue weighted by Gasteiger charge is -2.31. The summed E-state index contributed by atoms with van der Waals surface area (Å²) in [6, 6.07) is 0.164. The molecule has 23 heavy (non-hydrogen) atoms. The van der Waals surface area contributed by atoms with E-state index in [2.05, 4.69) is 26.5 Å². The standard InChI is InChI=1S/C17H33N3O3/c1-14(2)18-16(21)15-8-10-19(11-9-15)17(22)23-13-7-6-12-20(3,4)5/h14-15H,6-13H2,1-5H3/p+1. The highest BCUT2D eigenvalue weighted by Crippen LogP contribution is 2.18. The summed E-state index contributed by atoms with van der Waals surface area (Å²) in [4.78, 5) is 25.7. The molecule has 2 amide bonds. The average Bonchev–Trinajstić information content (AvgIpc) is 2.45. The van der Waals surface area contributed by atoms with E-state index in [0.717, 1.165) is 36.7 Å². The van der Waals surface area contributed by atoms with Gasteiger partial charge in [0, 0.05) is 25.0 Å². The van der Waals surface area contributed by atoms with Crippen molar-refractivity contribution in [1.29, 1.82) is 0 Å². The molecular formula is C17H34N3O3+. The predicted molar refractivity (Wildman–Crippen MR) is 91.1 cm³/mol. The van der Waals surface area contributed by atoms with Crippen LogP contribution in [0, 0.1) is 5.92 Å².